The average molecular weight is 380 g/mol. The number of sulfonamides is 1. The van der Waals surface area contributed by atoms with Gasteiger partial charge >= 0.3 is 5.97 Å². The van der Waals surface area contributed by atoms with E-state index in [0.29, 0.717) is 0 Å². The van der Waals surface area contributed by atoms with Crippen molar-refractivity contribution in [2.24, 2.45) is 0 Å². The maximum Gasteiger partial charge on any atom is 0.305 e. The molecule has 2 rings (SSSR count). The summed E-state index contributed by atoms with van der Waals surface area (Å²) in [6, 6.07) is 10.8. The first-order chi connectivity index (χ1) is 12.3. The van der Waals surface area contributed by atoms with Crippen molar-refractivity contribution in [3.8, 4) is 5.75 Å². The van der Waals surface area contributed by atoms with Crippen molar-refractivity contribution in [2.45, 2.75) is 11.3 Å². The summed E-state index contributed by atoms with van der Waals surface area (Å²) in [6.07, 6.45) is -0.452. The van der Waals surface area contributed by atoms with Crippen LogP contribution in [0.1, 0.15) is 6.42 Å². The molecule has 2 aromatic carbocycles. The van der Waals surface area contributed by atoms with E-state index < -0.39 is 27.3 Å². The minimum atomic E-state index is -4.25. The van der Waals surface area contributed by atoms with Gasteiger partial charge in [0.15, 0.2) is 0 Å². The van der Waals surface area contributed by atoms with Gasteiger partial charge in [0.05, 0.1) is 29.0 Å². The molecule has 0 bridgehead atoms. The first kappa shape index (κ1) is 19.2. The van der Waals surface area contributed by atoms with E-state index in [1.807, 2.05) is 0 Å². The lowest BCUT2D eigenvalue weighted by Gasteiger charge is -2.25. The molecule has 0 aliphatic carbocycles. The van der Waals surface area contributed by atoms with Crippen LogP contribution in [0.15, 0.2) is 53.4 Å². The lowest BCUT2D eigenvalue weighted by Crippen LogP contribution is -2.33. The minimum Gasteiger partial charge on any atom is -0.495 e. The summed E-state index contributed by atoms with van der Waals surface area (Å²) in [7, 11) is -2.90. The lowest BCUT2D eigenvalue weighted by molar-refractivity contribution is -0.385. The number of non-ortho nitro benzene ring substituents is 1. The number of aliphatic carboxylic acids is 1. The van der Waals surface area contributed by atoms with Gasteiger partial charge in [0, 0.05) is 18.7 Å². The number of hydrogen-bond acceptors (Lipinski definition) is 6. The molecule has 0 aromatic heterocycles. The van der Waals surface area contributed by atoms with Crippen molar-refractivity contribution in [1.82, 2.24) is 0 Å². The molecule has 0 unspecified atom stereocenters. The molecule has 0 amide bonds. The van der Waals surface area contributed by atoms with E-state index in [9.17, 15) is 23.3 Å². The normalized spacial score (nSPS) is 11.0. The second-order valence-corrected chi connectivity index (χ2v) is 7.01. The maximum atomic E-state index is 13.0. The molecular formula is C16H16N2O7S. The molecule has 0 radical (unpaired) electrons. The Morgan fingerprint density at radius 1 is 1.23 bits per heavy atom. The summed E-state index contributed by atoms with van der Waals surface area (Å²) in [5.74, 6) is -0.953. The fraction of sp³-hybridized carbons (Fsp3) is 0.188. The molecule has 0 aliphatic heterocycles. The van der Waals surface area contributed by atoms with E-state index in [2.05, 4.69) is 0 Å². The number of nitro benzene ring substituents is 1. The standard InChI is InChI=1S/C16H16N2O7S/c1-25-15-8-3-2-7-14(15)17(10-9-16(19)20)26(23,24)13-6-4-5-12(11-13)18(21)22/h2-8,11H,9-10H2,1H3,(H,19,20). The van der Waals surface area contributed by atoms with Crippen molar-refractivity contribution in [3.63, 3.8) is 0 Å². The van der Waals surface area contributed by atoms with E-state index in [-0.39, 0.29) is 28.6 Å². The number of methoxy groups -OCH3 is 1. The Balaban J connectivity index is 2.58. The molecule has 1 N–H and O–H groups in total. The summed E-state index contributed by atoms with van der Waals surface area (Å²) < 4.78 is 32.1. The van der Waals surface area contributed by atoms with Crippen LogP contribution in [0.25, 0.3) is 0 Å². The van der Waals surface area contributed by atoms with Crippen molar-refractivity contribution in [2.75, 3.05) is 18.0 Å². The molecule has 0 atom stereocenters. The van der Waals surface area contributed by atoms with Crippen LogP contribution in [0.4, 0.5) is 11.4 Å². The van der Waals surface area contributed by atoms with Crippen molar-refractivity contribution in [1.29, 1.82) is 0 Å². The number of nitro groups is 1. The average Bonchev–Trinajstić information content (AvgIpc) is 2.62. The lowest BCUT2D eigenvalue weighted by atomic mass is 10.3. The summed E-state index contributed by atoms with van der Waals surface area (Å²) >= 11 is 0. The molecule has 138 valence electrons. The monoisotopic (exact) mass is 380 g/mol. The zero-order valence-electron chi connectivity index (χ0n) is 13.7. The highest BCUT2D eigenvalue weighted by Crippen LogP contribution is 2.33. The number of nitrogens with zero attached hydrogens (tertiary/aromatic N) is 2. The molecule has 0 saturated carbocycles. The van der Waals surface area contributed by atoms with E-state index in [1.54, 1.807) is 12.1 Å². The van der Waals surface area contributed by atoms with Gasteiger partial charge in [-0.15, -0.1) is 0 Å². The van der Waals surface area contributed by atoms with Gasteiger partial charge in [-0.25, -0.2) is 8.42 Å². The molecule has 0 heterocycles. The van der Waals surface area contributed by atoms with Gasteiger partial charge in [0.2, 0.25) is 0 Å². The molecule has 0 saturated heterocycles. The number of hydrogen-bond donors (Lipinski definition) is 1. The number of ether oxygens (including phenoxy) is 1. The Hall–Kier alpha value is -3.14. The van der Waals surface area contributed by atoms with Crippen molar-refractivity contribution in [3.05, 3.63) is 58.6 Å². The van der Waals surface area contributed by atoms with Gasteiger partial charge in [0.1, 0.15) is 5.75 Å². The number of carbonyl (C=O) groups is 1. The Bertz CT molecular complexity index is 928. The Kier molecular flexibility index (Phi) is 5.78. The minimum absolute atomic E-state index is 0.141. The summed E-state index contributed by atoms with van der Waals surface area (Å²) in [6.45, 7) is -0.360. The quantitative estimate of drug-likeness (QED) is 0.550. The molecule has 0 aliphatic rings. The highest BCUT2D eigenvalue weighted by Gasteiger charge is 2.29. The van der Waals surface area contributed by atoms with Crippen LogP contribution in [0, 0.1) is 10.1 Å². The van der Waals surface area contributed by atoms with Crippen LogP contribution < -0.4 is 9.04 Å². The molecule has 26 heavy (non-hydrogen) atoms. The van der Waals surface area contributed by atoms with E-state index in [1.165, 1.54) is 37.4 Å². The van der Waals surface area contributed by atoms with E-state index >= 15 is 0 Å². The van der Waals surface area contributed by atoms with Crippen LogP contribution in [0.3, 0.4) is 0 Å². The number of anilines is 1. The summed E-state index contributed by atoms with van der Waals surface area (Å²) in [4.78, 5) is 20.9. The number of para-hydroxylation sites is 2. The maximum absolute atomic E-state index is 13.0. The van der Waals surface area contributed by atoms with E-state index in [4.69, 9.17) is 9.84 Å². The van der Waals surface area contributed by atoms with Crippen LogP contribution in [0.2, 0.25) is 0 Å². The topological polar surface area (TPSA) is 127 Å². The molecule has 10 heteroatoms. The van der Waals surface area contributed by atoms with Crippen molar-refractivity contribution < 1.29 is 28.0 Å². The second kappa shape index (κ2) is 7.83. The molecular weight excluding hydrogens is 364 g/mol. The van der Waals surface area contributed by atoms with Crippen LogP contribution in [-0.2, 0) is 14.8 Å². The zero-order valence-corrected chi connectivity index (χ0v) is 14.5. The van der Waals surface area contributed by atoms with Gasteiger partial charge < -0.3 is 9.84 Å². The smallest absolute Gasteiger partial charge is 0.305 e. The Morgan fingerprint density at radius 3 is 2.54 bits per heavy atom. The predicted octanol–water partition coefficient (Wildman–Crippen LogP) is 2.27. The molecule has 9 nitrogen and oxygen atoms in total. The summed E-state index contributed by atoms with van der Waals surface area (Å²) in [5.41, 5.74) is -0.243. The van der Waals surface area contributed by atoms with Crippen molar-refractivity contribution >= 4 is 27.4 Å². The highest BCUT2D eigenvalue weighted by molar-refractivity contribution is 7.92. The molecule has 0 fully saturated rings. The Morgan fingerprint density at radius 2 is 1.92 bits per heavy atom. The molecule has 2 aromatic rings. The first-order valence-electron chi connectivity index (χ1n) is 7.39. The van der Waals surface area contributed by atoms with Gasteiger partial charge in [-0.2, -0.15) is 0 Å². The van der Waals surface area contributed by atoms with Crippen LogP contribution in [-0.4, -0.2) is 38.1 Å². The first-order valence-corrected chi connectivity index (χ1v) is 8.83. The fourth-order valence-corrected chi connectivity index (χ4v) is 3.80. The second-order valence-electron chi connectivity index (χ2n) is 5.15. The third-order valence-electron chi connectivity index (χ3n) is 3.50. The largest absolute Gasteiger partial charge is 0.495 e. The zero-order chi connectivity index (χ0) is 19.3. The third-order valence-corrected chi connectivity index (χ3v) is 5.31. The Labute approximate surface area is 149 Å². The third kappa shape index (κ3) is 4.09. The predicted molar refractivity (Wildman–Crippen MR) is 92.9 cm³/mol. The van der Waals surface area contributed by atoms with Crippen LogP contribution >= 0.6 is 0 Å². The van der Waals surface area contributed by atoms with Gasteiger partial charge in [-0.05, 0) is 18.2 Å². The van der Waals surface area contributed by atoms with Gasteiger partial charge in [-0.3, -0.25) is 19.2 Å². The van der Waals surface area contributed by atoms with Crippen LogP contribution in [0.5, 0.6) is 5.75 Å². The fourth-order valence-electron chi connectivity index (χ4n) is 2.29. The molecule has 0 spiro atoms. The number of rotatable bonds is 8. The summed E-state index contributed by atoms with van der Waals surface area (Å²) in [5, 5.41) is 19.9. The van der Waals surface area contributed by atoms with Gasteiger partial charge in [0.25, 0.3) is 15.7 Å². The SMILES string of the molecule is COc1ccccc1N(CCC(=O)O)S(=O)(=O)c1cccc([N+](=O)[O-])c1. The highest BCUT2D eigenvalue weighted by atomic mass is 32.2. The van der Waals surface area contributed by atoms with E-state index in [0.717, 1.165) is 10.4 Å². The number of carboxylic acid groups (broad SMARTS) is 1. The number of carboxylic acids is 1. The van der Waals surface area contributed by atoms with Gasteiger partial charge in [-0.1, -0.05) is 18.2 Å². The number of benzene rings is 2.